The number of likely N-dealkylation sites (N-methyl/N-ethyl adjacent to an activating group) is 1. The summed E-state index contributed by atoms with van der Waals surface area (Å²) < 4.78 is 26.4. The van der Waals surface area contributed by atoms with E-state index in [1.807, 2.05) is 64.1 Å². The molecule has 0 fully saturated rings. The predicted molar refractivity (Wildman–Crippen MR) is 128 cm³/mol. The van der Waals surface area contributed by atoms with Crippen LogP contribution in [0, 0.1) is 20.8 Å². The number of anilines is 1. The lowest BCUT2D eigenvalue weighted by molar-refractivity contribution is -0.139. The molecule has 1 atom stereocenters. The maximum atomic E-state index is 13.5. The number of rotatable bonds is 9. The fraction of sp³-hybridized carbons (Fsp3) is 0.417. The average Bonchev–Trinajstić information content (AvgIpc) is 2.70. The molecule has 2 rings (SSSR count). The van der Waals surface area contributed by atoms with Crippen molar-refractivity contribution in [3.8, 4) is 0 Å². The van der Waals surface area contributed by atoms with Crippen molar-refractivity contribution in [1.82, 2.24) is 10.2 Å². The molecule has 0 saturated heterocycles. The highest BCUT2D eigenvalue weighted by Crippen LogP contribution is 2.24. The molecule has 0 aliphatic carbocycles. The summed E-state index contributed by atoms with van der Waals surface area (Å²) in [6, 6.07) is 12.3. The van der Waals surface area contributed by atoms with Gasteiger partial charge in [-0.3, -0.25) is 13.9 Å². The molecule has 32 heavy (non-hydrogen) atoms. The lowest BCUT2D eigenvalue weighted by Crippen LogP contribution is -2.51. The van der Waals surface area contributed by atoms with E-state index < -0.39 is 28.5 Å². The quantitative estimate of drug-likeness (QED) is 0.625. The van der Waals surface area contributed by atoms with Crippen LogP contribution in [-0.4, -0.2) is 50.5 Å². The Hall–Kier alpha value is -2.87. The Labute approximate surface area is 191 Å². The third kappa shape index (κ3) is 6.32. The highest BCUT2D eigenvalue weighted by atomic mass is 32.2. The van der Waals surface area contributed by atoms with Crippen LogP contribution in [0.2, 0.25) is 0 Å². The van der Waals surface area contributed by atoms with Gasteiger partial charge in [0.05, 0.1) is 11.9 Å². The van der Waals surface area contributed by atoms with Crippen molar-refractivity contribution in [2.75, 3.05) is 23.7 Å². The smallest absolute Gasteiger partial charge is 0.244 e. The van der Waals surface area contributed by atoms with E-state index in [1.165, 1.54) is 4.90 Å². The molecule has 0 radical (unpaired) electrons. The first-order valence-corrected chi connectivity index (χ1v) is 12.5. The summed E-state index contributed by atoms with van der Waals surface area (Å²) in [4.78, 5) is 27.5. The van der Waals surface area contributed by atoms with Crippen LogP contribution in [0.3, 0.4) is 0 Å². The van der Waals surface area contributed by atoms with E-state index in [0.717, 1.165) is 32.8 Å². The largest absolute Gasteiger partial charge is 0.355 e. The van der Waals surface area contributed by atoms with Gasteiger partial charge in [0.15, 0.2) is 0 Å². The molecule has 2 aromatic carbocycles. The second kappa shape index (κ2) is 10.6. The van der Waals surface area contributed by atoms with Crippen LogP contribution in [0.15, 0.2) is 42.5 Å². The second-order valence-corrected chi connectivity index (χ2v) is 9.99. The third-order valence-corrected chi connectivity index (χ3v) is 6.55. The van der Waals surface area contributed by atoms with E-state index in [9.17, 15) is 18.0 Å². The van der Waals surface area contributed by atoms with Gasteiger partial charge in [-0.25, -0.2) is 8.42 Å². The van der Waals surface area contributed by atoms with Crippen LogP contribution in [0.25, 0.3) is 0 Å². The van der Waals surface area contributed by atoms with Gasteiger partial charge in [-0.1, -0.05) is 42.0 Å². The molecule has 1 unspecified atom stereocenters. The van der Waals surface area contributed by atoms with Crippen LogP contribution in [0.4, 0.5) is 5.69 Å². The summed E-state index contributed by atoms with van der Waals surface area (Å²) in [5.41, 5.74) is 4.09. The lowest BCUT2D eigenvalue weighted by atomic mass is 10.1. The first kappa shape index (κ1) is 25.4. The summed E-state index contributed by atoms with van der Waals surface area (Å²) in [7, 11) is -3.73. The number of carbonyl (C=O) groups excluding carboxylic acids is 2. The summed E-state index contributed by atoms with van der Waals surface area (Å²) in [5, 5.41) is 2.75. The molecular formula is C24H33N3O4S. The molecule has 0 saturated carbocycles. The third-order valence-electron chi connectivity index (χ3n) is 5.42. The van der Waals surface area contributed by atoms with Crippen molar-refractivity contribution < 1.29 is 18.0 Å². The molecule has 7 nitrogen and oxygen atoms in total. The Kier molecular flexibility index (Phi) is 8.44. The minimum atomic E-state index is -3.73. The molecule has 0 spiro atoms. The van der Waals surface area contributed by atoms with Gasteiger partial charge in [0.1, 0.15) is 12.6 Å². The molecule has 0 aliphatic heterocycles. The SMILES string of the molecule is CCNC(=O)C(C)N(Cc1ccccc1C)C(=O)CN(c1ccc(C)cc1C)S(C)(=O)=O. The normalized spacial score (nSPS) is 12.2. The van der Waals surface area contributed by atoms with E-state index >= 15 is 0 Å². The molecule has 2 amide bonds. The van der Waals surface area contributed by atoms with Crippen molar-refractivity contribution in [2.45, 2.75) is 47.2 Å². The number of sulfonamides is 1. The second-order valence-electron chi connectivity index (χ2n) is 8.08. The van der Waals surface area contributed by atoms with Crippen molar-refractivity contribution in [3.63, 3.8) is 0 Å². The molecular weight excluding hydrogens is 426 g/mol. The maximum absolute atomic E-state index is 13.5. The summed E-state index contributed by atoms with van der Waals surface area (Å²) in [5.74, 6) is -0.732. The van der Waals surface area contributed by atoms with Gasteiger partial charge < -0.3 is 10.2 Å². The Balaban J connectivity index is 2.43. The standard InChI is InChI=1S/C24H33N3O4S/c1-7-25-24(29)20(5)26(15-21-11-9-8-10-18(21)3)23(28)16-27(32(6,30)31)22-13-12-17(2)14-19(22)4/h8-14,20H,7,15-16H2,1-6H3,(H,25,29). The van der Waals surface area contributed by atoms with Gasteiger partial charge in [0.25, 0.3) is 0 Å². The maximum Gasteiger partial charge on any atom is 0.244 e. The van der Waals surface area contributed by atoms with Crippen molar-refractivity contribution in [2.24, 2.45) is 0 Å². The molecule has 2 aromatic rings. The molecule has 0 aliphatic rings. The molecule has 0 aromatic heterocycles. The number of aryl methyl sites for hydroxylation is 3. The van der Waals surface area contributed by atoms with Crippen molar-refractivity contribution in [1.29, 1.82) is 0 Å². The van der Waals surface area contributed by atoms with E-state index in [-0.39, 0.29) is 12.5 Å². The van der Waals surface area contributed by atoms with Gasteiger partial charge in [0, 0.05) is 13.1 Å². The number of hydrogen-bond donors (Lipinski definition) is 1. The summed E-state index contributed by atoms with van der Waals surface area (Å²) in [6.07, 6.45) is 1.08. The van der Waals surface area contributed by atoms with Gasteiger partial charge in [-0.2, -0.15) is 0 Å². The molecule has 8 heteroatoms. The number of hydrogen-bond acceptors (Lipinski definition) is 4. The van der Waals surface area contributed by atoms with Crippen LogP contribution in [0.5, 0.6) is 0 Å². The molecule has 0 bridgehead atoms. The van der Waals surface area contributed by atoms with E-state index in [0.29, 0.717) is 12.2 Å². The zero-order valence-electron chi connectivity index (χ0n) is 19.7. The monoisotopic (exact) mass is 459 g/mol. The van der Waals surface area contributed by atoms with Crippen LogP contribution in [-0.2, 0) is 26.2 Å². The minimum Gasteiger partial charge on any atom is -0.355 e. The fourth-order valence-electron chi connectivity index (χ4n) is 3.56. The van der Waals surface area contributed by atoms with Gasteiger partial charge >= 0.3 is 0 Å². The number of nitrogens with zero attached hydrogens (tertiary/aromatic N) is 2. The van der Waals surface area contributed by atoms with E-state index in [4.69, 9.17) is 0 Å². The van der Waals surface area contributed by atoms with Crippen LogP contribution < -0.4 is 9.62 Å². The summed E-state index contributed by atoms with van der Waals surface area (Å²) >= 11 is 0. The molecule has 0 heterocycles. The van der Waals surface area contributed by atoms with Crippen LogP contribution >= 0.6 is 0 Å². The van der Waals surface area contributed by atoms with Gasteiger partial charge in [-0.05, 0) is 57.4 Å². The summed E-state index contributed by atoms with van der Waals surface area (Å²) in [6.45, 7) is 9.39. The van der Waals surface area contributed by atoms with E-state index in [2.05, 4.69) is 5.32 Å². The zero-order valence-corrected chi connectivity index (χ0v) is 20.5. The topological polar surface area (TPSA) is 86.8 Å². The van der Waals surface area contributed by atoms with Gasteiger partial charge in [0.2, 0.25) is 21.8 Å². The minimum absolute atomic E-state index is 0.203. The Morgan fingerprint density at radius 1 is 1.03 bits per heavy atom. The fourth-order valence-corrected chi connectivity index (χ4v) is 4.46. The highest BCUT2D eigenvalue weighted by molar-refractivity contribution is 7.92. The average molecular weight is 460 g/mol. The first-order chi connectivity index (χ1) is 15.0. The zero-order chi connectivity index (χ0) is 24.1. The first-order valence-electron chi connectivity index (χ1n) is 10.6. The van der Waals surface area contributed by atoms with Crippen molar-refractivity contribution in [3.05, 3.63) is 64.7 Å². The predicted octanol–water partition coefficient (Wildman–Crippen LogP) is 2.93. The Morgan fingerprint density at radius 3 is 2.25 bits per heavy atom. The number of amides is 2. The van der Waals surface area contributed by atoms with Gasteiger partial charge in [-0.15, -0.1) is 0 Å². The Bertz CT molecular complexity index is 1080. The number of nitrogens with one attached hydrogen (secondary N) is 1. The van der Waals surface area contributed by atoms with E-state index in [1.54, 1.807) is 13.0 Å². The number of carbonyl (C=O) groups is 2. The highest BCUT2D eigenvalue weighted by Gasteiger charge is 2.30. The van der Waals surface area contributed by atoms with Crippen LogP contribution in [0.1, 0.15) is 36.1 Å². The molecule has 1 N–H and O–H groups in total. The number of benzene rings is 2. The van der Waals surface area contributed by atoms with Crippen molar-refractivity contribution >= 4 is 27.5 Å². The Morgan fingerprint density at radius 2 is 1.69 bits per heavy atom. The lowest BCUT2D eigenvalue weighted by Gasteiger charge is -2.32. The molecule has 174 valence electrons.